The summed E-state index contributed by atoms with van der Waals surface area (Å²) in [5.74, 6) is 0.389. The lowest BCUT2D eigenvalue weighted by Crippen LogP contribution is -2.29. The van der Waals surface area contributed by atoms with E-state index >= 15 is 0 Å². The minimum absolute atomic E-state index is 0.0133. The number of nitrogens with one attached hydrogen (secondary N) is 1. The molecule has 0 unspecified atom stereocenters. The SMILES string of the molecule is NCCCCCNC(=O)COc1ccccc1Cl. The van der Waals surface area contributed by atoms with Gasteiger partial charge in [-0.15, -0.1) is 0 Å². The van der Waals surface area contributed by atoms with Crippen molar-refractivity contribution in [3.8, 4) is 5.75 Å². The Bertz CT molecular complexity index is 372. The zero-order valence-corrected chi connectivity index (χ0v) is 11.1. The molecule has 0 heterocycles. The molecule has 18 heavy (non-hydrogen) atoms. The summed E-state index contributed by atoms with van der Waals surface area (Å²) in [7, 11) is 0. The maximum atomic E-state index is 11.5. The molecular formula is C13H19ClN2O2. The van der Waals surface area contributed by atoms with Gasteiger partial charge < -0.3 is 15.8 Å². The topological polar surface area (TPSA) is 64.3 Å². The Hall–Kier alpha value is -1.26. The van der Waals surface area contributed by atoms with Gasteiger partial charge in [-0.05, 0) is 31.5 Å². The minimum Gasteiger partial charge on any atom is -0.482 e. The molecule has 0 atom stereocenters. The Morgan fingerprint density at radius 1 is 1.28 bits per heavy atom. The van der Waals surface area contributed by atoms with Gasteiger partial charge in [0, 0.05) is 6.54 Å². The summed E-state index contributed by atoms with van der Waals surface area (Å²) in [4.78, 5) is 11.5. The van der Waals surface area contributed by atoms with Crippen LogP contribution in [0.5, 0.6) is 5.75 Å². The van der Waals surface area contributed by atoms with Gasteiger partial charge >= 0.3 is 0 Å². The van der Waals surface area contributed by atoms with Gasteiger partial charge in [-0.2, -0.15) is 0 Å². The summed E-state index contributed by atoms with van der Waals surface area (Å²) in [6, 6.07) is 7.08. The van der Waals surface area contributed by atoms with Crippen molar-refractivity contribution < 1.29 is 9.53 Å². The third-order valence-electron chi connectivity index (χ3n) is 2.40. The van der Waals surface area contributed by atoms with Gasteiger partial charge in [-0.3, -0.25) is 4.79 Å². The Balaban J connectivity index is 2.15. The standard InChI is InChI=1S/C13H19ClN2O2/c14-11-6-2-3-7-12(11)18-10-13(17)16-9-5-1-4-8-15/h2-3,6-7H,1,4-5,8-10,15H2,(H,16,17). The van der Waals surface area contributed by atoms with Gasteiger partial charge in [-0.1, -0.05) is 30.2 Å². The number of nitrogens with two attached hydrogens (primary N) is 1. The van der Waals surface area contributed by atoms with Crippen LogP contribution in [0.4, 0.5) is 0 Å². The lowest BCUT2D eigenvalue weighted by molar-refractivity contribution is -0.123. The third-order valence-corrected chi connectivity index (χ3v) is 2.71. The molecule has 0 bridgehead atoms. The number of hydrogen-bond donors (Lipinski definition) is 2. The van der Waals surface area contributed by atoms with Gasteiger partial charge in [0.1, 0.15) is 5.75 Å². The first kappa shape index (κ1) is 14.8. The summed E-state index contributed by atoms with van der Waals surface area (Å²) >= 11 is 5.90. The van der Waals surface area contributed by atoms with Crippen LogP contribution in [0.2, 0.25) is 5.02 Å². The predicted molar refractivity (Wildman–Crippen MR) is 72.9 cm³/mol. The number of para-hydroxylation sites is 1. The number of amides is 1. The number of halogens is 1. The highest BCUT2D eigenvalue weighted by Crippen LogP contribution is 2.22. The molecule has 0 saturated heterocycles. The zero-order chi connectivity index (χ0) is 13.2. The van der Waals surface area contributed by atoms with Gasteiger partial charge in [0.2, 0.25) is 0 Å². The molecule has 0 aromatic heterocycles. The van der Waals surface area contributed by atoms with Gasteiger partial charge in [-0.25, -0.2) is 0 Å². The van der Waals surface area contributed by atoms with Crippen molar-refractivity contribution in [1.82, 2.24) is 5.32 Å². The van der Waals surface area contributed by atoms with E-state index in [1.807, 2.05) is 12.1 Å². The van der Waals surface area contributed by atoms with Gasteiger partial charge in [0.05, 0.1) is 5.02 Å². The van der Waals surface area contributed by atoms with E-state index in [0.717, 1.165) is 19.3 Å². The van der Waals surface area contributed by atoms with E-state index in [9.17, 15) is 4.79 Å². The molecule has 0 spiro atoms. The number of benzene rings is 1. The molecule has 0 aliphatic carbocycles. The first-order chi connectivity index (χ1) is 8.74. The van der Waals surface area contributed by atoms with Crippen molar-refractivity contribution in [3.63, 3.8) is 0 Å². The number of ether oxygens (including phenoxy) is 1. The fourth-order valence-corrected chi connectivity index (χ4v) is 1.62. The van der Waals surface area contributed by atoms with Crippen LogP contribution in [0, 0.1) is 0 Å². The molecule has 100 valence electrons. The zero-order valence-electron chi connectivity index (χ0n) is 10.3. The summed E-state index contributed by atoms with van der Waals surface area (Å²) in [6.45, 7) is 1.34. The molecule has 0 aliphatic rings. The van der Waals surface area contributed by atoms with Crippen LogP contribution in [0.1, 0.15) is 19.3 Å². The predicted octanol–water partition coefficient (Wildman–Crippen LogP) is 1.96. The van der Waals surface area contributed by atoms with Gasteiger partial charge in [0.15, 0.2) is 6.61 Å². The third kappa shape index (κ3) is 5.89. The second-order valence-electron chi connectivity index (χ2n) is 3.92. The normalized spacial score (nSPS) is 10.1. The summed E-state index contributed by atoms with van der Waals surface area (Å²) < 4.78 is 5.31. The lowest BCUT2D eigenvalue weighted by Gasteiger charge is -2.08. The highest BCUT2D eigenvalue weighted by Gasteiger charge is 2.04. The van der Waals surface area contributed by atoms with Crippen LogP contribution >= 0.6 is 11.6 Å². The van der Waals surface area contributed by atoms with E-state index in [-0.39, 0.29) is 12.5 Å². The molecule has 0 aliphatic heterocycles. The van der Waals surface area contributed by atoms with Crippen molar-refractivity contribution in [2.24, 2.45) is 5.73 Å². The number of rotatable bonds is 8. The summed E-state index contributed by atoms with van der Waals surface area (Å²) in [5, 5.41) is 3.29. The lowest BCUT2D eigenvalue weighted by atomic mass is 10.2. The first-order valence-corrected chi connectivity index (χ1v) is 6.46. The molecule has 0 fully saturated rings. The smallest absolute Gasteiger partial charge is 0.257 e. The Morgan fingerprint density at radius 3 is 2.78 bits per heavy atom. The molecule has 4 nitrogen and oxygen atoms in total. The molecule has 1 rings (SSSR count). The molecule has 0 radical (unpaired) electrons. The highest BCUT2D eigenvalue weighted by atomic mass is 35.5. The first-order valence-electron chi connectivity index (χ1n) is 6.08. The molecule has 1 aromatic carbocycles. The molecule has 5 heteroatoms. The van der Waals surface area contributed by atoms with Crippen molar-refractivity contribution >= 4 is 17.5 Å². The molecule has 3 N–H and O–H groups in total. The van der Waals surface area contributed by atoms with E-state index in [0.29, 0.717) is 23.9 Å². The second-order valence-corrected chi connectivity index (χ2v) is 4.33. The molecule has 1 amide bonds. The van der Waals surface area contributed by atoms with E-state index in [1.54, 1.807) is 12.1 Å². The van der Waals surface area contributed by atoms with E-state index in [1.165, 1.54) is 0 Å². The van der Waals surface area contributed by atoms with E-state index < -0.39 is 0 Å². The molecule has 0 saturated carbocycles. The molecular weight excluding hydrogens is 252 g/mol. The number of carbonyl (C=O) groups excluding carboxylic acids is 1. The van der Waals surface area contributed by atoms with Crippen LogP contribution in [0.3, 0.4) is 0 Å². The second kappa shape index (κ2) is 8.78. The van der Waals surface area contributed by atoms with Crippen LogP contribution in [-0.2, 0) is 4.79 Å². The van der Waals surface area contributed by atoms with Crippen molar-refractivity contribution in [3.05, 3.63) is 29.3 Å². The maximum Gasteiger partial charge on any atom is 0.257 e. The number of carbonyl (C=O) groups is 1. The Labute approximate surface area is 112 Å². The van der Waals surface area contributed by atoms with Crippen LogP contribution < -0.4 is 15.8 Å². The highest BCUT2D eigenvalue weighted by molar-refractivity contribution is 6.32. The van der Waals surface area contributed by atoms with Crippen LogP contribution in [0.15, 0.2) is 24.3 Å². The minimum atomic E-state index is -0.136. The molecule has 1 aromatic rings. The Kier molecular flexibility index (Phi) is 7.22. The summed E-state index contributed by atoms with van der Waals surface area (Å²) in [5.41, 5.74) is 5.38. The van der Waals surface area contributed by atoms with Crippen LogP contribution in [0.25, 0.3) is 0 Å². The van der Waals surface area contributed by atoms with Crippen molar-refractivity contribution in [2.45, 2.75) is 19.3 Å². The number of unbranched alkanes of at least 4 members (excludes halogenated alkanes) is 2. The fourth-order valence-electron chi connectivity index (χ4n) is 1.43. The Morgan fingerprint density at radius 2 is 2.06 bits per heavy atom. The quantitative estimate of drug-likeness (QED) is 0.710. The largest absolute Gasteiger partial charge is 0.482 e. The van der Waals surface area contributed by atoms with Crippen LogP contribution in [-0.4, -0.2) is 25.6 Å². The fraction of sp³-hybridized carbons (Fsp3) is 0.462. The maximum absolute atomic E-state index is 11.5. The average Bonchev–Trinajstić information content (AvgIpc) is 2.37. The average molecular weight is 271 g/mol. The monoisotopic (exact) mass is 270 g/mol. The van der Waals surface area contributed by atoms with Gasteiger partial charge in [0.25, 0.3) is 5.91 Å². The van der Waals surface area contributed by atoms with E-state index in [4.69, 9.17) is 22.1 Å². The van der Waals surface area contributed by atoms with Crippen molar-refractivity contribution in [2.75, 3.05) is 19.7 Å². The number of hydrogen-bond acceptors (Lipinski definition) is 3. The van der Waals surface area contributed by atoms with Crippen molar-refractivity contribution in [1.29, 1.82) is 0 Å². The summed E-state index contributed by atoms with van der Waals surface area (Å²) in [6.07, 6.45) is 2.96. The van der Waals surface area contributed by atoms with E-state index in [2.05, 4.69) is 5.32 Å².